The number of hydrogen-bond acceptors (Lipinski definition) is 7. The zero-order valence-corrected chi connectivity index (χ0v) is 18.4. The summed E-state index contributed by atoms with van der Waals surface area (Å²) in [6, 6.07) is 13.6. The van der Waals surface area contributed by atoms with E-state index in [9.17, 15) is 14.9 Å². The number of aromatic nitrogens is 3. The van der Waals surface area contributed by atoms with E-state index >= 15 is 0 Å². The van der Waals surface area contributed by atoms with Gasteiger partial charge in [-0.25, -0.2) is 0 Å². The molecule has 2 aromatic carbocycles. The Balaban J connectivity index is 1.35. The standard InChI is InChI=1S/C22H23N5O4S/c1-26-21(15-9-11-19(12-10-15)31-18-7-2-3-8-18)24-25-22(26)32-14-20(28)23-16-5-4-6-17(13-16)27(29)30/h4-6,9-13,18H,2-3,7-8,14H2,1H3,(H,23,28). The number of nitrogens with one attached hydrogen (secondary N) is 1. The van der Waals surface area contributed by atoms with Crippen molar-refractivity contribution in [3.05, 3.63) is 58.6 Å². The van der Waals surface area contributed by atoms with Crippen molar-refractivity contribution >= 4 is 29.0 Å². The van der Waals surface area contributed by atoms with Gasteiger partial charge in [-0.2, -0.15) is 0 Å². The van der Waals surface area contributed by atoms with E-state index in [1.165, 1.54) is 42.8 Å². The molecule has 9 nitrogen and oxygen atoms in total. The largest absolute Gasteiger partial charge is 0.490 e. The zero-order valence-electron chi connectivity index (χ0n) is 17.6. The summed E-state index contributed by atoms with van der Waals surface area (Å²) in [6.45, 7) is 0. The van der Waals surface area contributed by atoms with E-state index in [4.69, 9.17) is 4.74 Å². The number of ether oxygens (including phenoxy) is 1. The average Bonchev–Trinajstić information content (AvgIpc) is 3.43. The van der Waals surface area contributed by atoms with E-state index in [2.05, 4.69) is 15.5 Å². The number of rotatable bonds is 8. The number of carbonyl (C=O) groups excluding carboxylic acids is 1. The number of benzene rings is 2. The first-order chi connectivity index (χ1) is 15.5. The first-order valence-corrected chi connectivity index (χ1v) is 11.3. The third-order valence-electron chi connectivity index (χ3n) is 5.23. The van der Waals surface area contributed by atoms with E-state index in [-0.39, 0.29) is 17.3 Å². The SMILES string of the molecule is Cn1c(SCC(=O)Nc2cccc([N+](=O)[O-])c2)nnc1-c1ccc(OC2CCCC2)cc1. The van der Waals surface area contributed by atoms with Crippen LogP contribution in [0.15, 0.2) is 53.7 Å². The van der Waals surface area contributed by atoms with Gasteiger partial charge in [0.15, 0.2) is 11.0 Å². The van der Waals surface area contributed by atoms with Crippen LogP contribution in [0.1, 0.15) is 25.7 Å². The van der Waals surface area contributed by atoms with Gasteiger partial charge < -0.3 is 14.6 Å². The van der Waals surface area contributed by atoms with E-state index in [0.29, 0.717) is 22.8 Å². The Morgan fingerprint density at radius 3 is 2.69 bits per heavy atom. The molecule has 3 aromatic rings. The molecular formula is C22H23N5O4S. The molecule has 1 saturated carbocycles. The number of carbonyl (C=O) groups is 1. The van der Waals surface area contributed by atoms with Gasteiger partial charge in [0.2, 0.25) is 5.91 Å². The monoisotopic (exact) mass is 453 g/mol. The van der Waals surface area contributed by atoms with Gasteiger partial charge in [-0.15, -0.1) is 10.2 Å². The fourth-order valence-corrected chi connectivity index (χ4v) is 4.31. The van der Waals surface area contributed by atoms with Crippen molar-refractivity contribution < 1.29 is 14.5 Å². The lowest BCUT2D eigenvalue weighted by molar-refractivity contribution is -0.384. The maximum Gasteiger partial charge on any atom is 0.271 e. The highest BCUT2D eigenvalue weighted by molar-refractivity contribution is 7.99. The van der Waals surface area contributed by atoms with Crippen molar-refractivity contribution in [1.29, 1.82) is 0 Å². The second-order valence-corrected chi connectivity index (χ2v) is 8.50. The molecule has 0 spiro atoms. The predicted octanol–water partition coefficient (Wildman–Crippen LogP) is 4.44. The van der Waals surface area contributed by atoms with Gasteiger partial charge in [0.25, 0.3) is 5.69 Å². The molecule has 1 aliphatic rings. The molecule has 0 saturated heterocycles. The van der Waals surface area contributed by atoms with Gasteiger partial charge in [-0.05, 0) is 56.0 Å². The molecule has 1 amide bonds. The van der Waals surface area contributed by atoms with Crippen LogP contribution in [0.4, 0.5) is 11.4 Å². The Hall–Kier alpha value is -3.40. The molecule has 1 heterocycles. The van der Waals surface area contributed by atoms with Gasteiger partial charge in [-0.1, -0.05) is 17.8 Å². The molecule has 1 N–H and O–H groups in total. The number of thioether (sulfide) groups is 1. The fourth-order valence-electron chi connectivity index (χ4n) is 3.60. The average molecular weight is 454 g/mol. The van der Waals surface area contributed by atoms with Gasteiger partial charge in [0.05, 0.1) is 16.8 Å². The lowest BCUT2D eigenvalue weighted by atomic mass is 10.2. The maximum atomic E-state index is 12.3. The predicted molar refractivity (Wildman–Crippen MR) is 122 cm³/mol. The quantitative estimate of drug-likeness (QED) is 0.305. The number of anilines is 1. The van der Waals surface area contributed by atoms with Crippen LogP contribution in [0.2, 0.25) is 0 Å². The third kappa shape index (κ3) is 5.25. The number of nitro groups is 1. The maximum absolute atomic E-state index is 12.3. The molecule has 0 aliphatic heterocycles. The van der Waals surface area contributed by atoms with Crippen molar-refractivity contribution in [2.24, 2.45) is 7.05 Å². The summed E-state index contributed by atoms with van der Waals surface area (Å²) in [5, 5.41) is 22.6. The minimum atomic E-state index is -0.501. The van der Waals surface area contributed by atoms with Crippen LogP contribution in [-0.4, -0.2) is 37.5 Å². The Bertz CT molecular complexity index is 1110. The molecule has 1 aliphatic carbocycles. The molecule has 1 fully saturated rings. The second-order valence-electron chi connectivity index (χ2n) is 7.56. The van der Waals surface area contributed by atoms with Crippen molar-refractivity contribution in [2.75, 3.05) is 11.1 Å². The van der Waals surface area contributed by atoms with Gasteiger partial charge in [-0.3, -0.25) is 14.9 Å². The van der Waals surface area contributed by atoms with Crippen molar-refractivity contribution in [3.8, 4) is 17.1 Å². The fraction of sp³-hybridized carbons (Fsp3) is 0.318. The van der Waals surface area contributed by atoms with E-state index in [1.807, 2.05) is 35.9 Å². The number of nitrogens with zero attached hydrogens (tertiary/aromatic N) is 4. The zero-order chi connectivity index (χ0) is 22.5. The number of hydrogen-bond donors (Lipinski definition) is 1. The van der Waals surface area contributed by atoms with Crippen LogP contribution >= 0.6 is 11.8 Å². The summed E-state index contributed by atoms with van der Waals surface area (Å²) in [5.74, 6) is 1.37. The van der Waals surface area contributed by atoms with Crippen LogP contribution in [0.3, 0.4) is 0 Å². The minimum Gasteiger partial charge on any atom is -0.490 e. The van der Waals surface area contributed by atoms with Crippen LogP contribution in [0, 0.1) is 10.1 Å². The Morgan fingerprint density at radius 1 is 1.22 bits per heavy atom. The molecule has 32 heavy (non-hydrogen) atoms. The van der Waals surface area contributed by atoms with Crippen LogP contribution in [0.5, 0.6) is 5.75 Å². The molecule has 0 bridgehead atoms. The molecule has 0 atom stereocenters. The minimum absolute atomic E-state index is 0.0759. The lowest BCUT2D eigenvalue weighted by Crippen LogP contribution is -2.14. The molecule has 0 unspecified atom stereocenters. The molecule has 1 aromatic heterocycles. The highest BCUT2D eigenvalue weighted by Crippen LogP contribution is 2.27. The topological polar surface area (TPSA) is 112 Å². The van der Waals surface area contributed by atoms with Crippen LogP contribution in [0.25, 0.3) is 11.4 Å². The molecular weight excluding hydrogens is 430 g/mol. The first-order valence-electron chi connectivity index (χ1n) is 10.3. The van der Waals surface area contributed by atoms with Crippen molar-refractivity contribution in [1.82, 2.24) is 14.8 Å². The van der Waals surface area contributed by atoms with Crippen LogP contribution < -0.4 is 10.1 Å². The first kappa shape index (κ1) is 21.8. The highest BCUT2D eigenvalue weighted by Gasteiger charge is 2.17. The molecule has 0 radical (unpaired) electrons. The van der Waals surface area contributed by atoms with Gasteiger partial charge in [0.1, 0.15) is 5.75 Å². The smallest absolute Gasteiger partial charge is 0.271 e. The molecule has 10 heteroatoms. The van der Waals surface area contributed by atoms with Crippen LogP contribution in [-0.2, 0) is 11.8 Å². The summed E-state index contributed by atoms with van der Waals surface area (Å²) in [7, 11) is 1.85. The summed E-state index contributed by atoms with van der Waals surface area (Å²) >= 11 is 1.24. The Kier molecular flexibility index (Phi) is 6.69. The number of amides is 1. The highest BCUT2D eigenvalue weighted by atomic mass is 32.2. The van der Waals surface area contributed by atoms with Gasteiger partial charge >= 0.3 is 0 Å². The van der Waals surface area contributed by atoms with E-state index in [0.717, 1.165) is 24.2 Å². The molecule has 4 rings (SSSR count). The second kappa shape index (κ2) is 9.82. The van der Waals surface area contributed by atoms with Gasteiger partial charge in [0, 0.05) is 30.4 Å². The molecule has 166 valence electrons. The normalized spacial score (nSPS) is 13.8. The van der Waals surface area contributed by atoms with E-state index < -0.39 is 4.92 Å². The summed E-state index contributed by atoms with van der Waals surface area (Å²) in [4.78, 5) is 22.6. The number of non-ortho nitro benzene ring substituents is 1. The van der Waals surface area contributed by atoms with E-state index in [1.54, 1.807) is 6.07 Å². The lowest BCUT2D eigenvalue weighted by Gasteiger charge is -2.13. The third-order valence-corrected chi connectivity index (χ3v) is 6.25. The van der Waals surface area contributed by atoms with Crippen molar-refractivity contribution in [3.63, 3.8) is 0 Å². The summed E-state index contributed by atoms with van der Waals surface area (Å²) in [6.07, 6.45) is 4.99. The Morgan fingerprint density at radius 2 is 1.97 bits per heavy atom. The Labute approximate surface area is 189 Å². The number of nitro benzene ring substituents is 1. The summed E-state index contributed by atoms with van der Waals surface area (Å²) < 4.78 is 7.84. The summed E-state index contributed by atoms with van der Waals surface area (Å²) in [5.41, 5.74) is 1.21. The van der Waals surface area contributed by atoms with Crippen molar-refractivity contribution in [2.45, 2.75) is 36.9 Å².